The average molecular weight is 457 g/mol. The molecular formula is C20H25ClN2O4S2. The van der Waals surface area contributed by atoms with E-state index in [0.717, 1.165) is 22.5 Å². The van der Waals surface area contributed by atoms with Gasteiger partial charge in [-0.3, -0.25) is 0 Å². The van der Waals surface area contributed by atoms with Crippen LogP contribution in [0.25, 0.3) is 0 Å². The van der Waals surface area contributed by atoms with Gasteiger partial charge in [-0.05, 0) is 64.9 Å². The Kier molecular flexibility index (Phi) is 6.02. The van der Waals surface area contributed by atoms with Gasteiger partial charge in [0.05, 0.1) is 5.60 Å². The number of carbonyl (C=O) groups is 1. The van der Waals surface area contributed by atoms with Crippen molar-refractivity contribution in [1.29, 1.82) is 0 Å². The van der Waals surface area contributed by atoms with E-state index in [-0.39, 0.29) is 16.0 Å². The molecule has 2 aromatic rings. The first kappa shape index (κ1) is 22.1. The Labute approximate surface area is 180 Å². The van der Waals surface area contributed by atoms with Crippen LogP contribution in [0, 0.1) is 0 Å². The van der Waals surface area contributed by atoms with Gasteiger partial charge in [0.25, 0.3) is 10.0 Å². The number of anilines is 1. The SMILES string of the molecule is CC(C)c1cc(Cl)cc(C(C)C)c1NC(=O)NS(=O)(=O)c1cc(C2(O)CC2)cs1. The summed E-state index contributed by atoms with van der Waals surface area (Å²) in [6.07, 6.45) is 1.23. The Morgan fingerprint density at radius 1 is 1.14 bits per heavy atom. The zero-order chi connectivity index (χ0) is 21.6. The van der Waals surface area contributed by atoms with Crippen LogP contribution >= 0.6 is 22.9 Å². The minimum Gasteiger partial charge on any atom is -0.385 e. The number of urea groups is 1. The van der Waals surface area contributed by atoms with Crippen LogP contribution in [0.2, 0.25) is 5.02 Å². The molecule has 0 aliphatic heterocycles. The maximum atomic E-state index is 12.6. The van der Waals surface area contributed by atoms with Crippen LogP contribution in [0.5, 0.6) is 0 Å². The van der Waals surface area contributed by atoms with Crippen LogP contribution in [0.1, 0.15) is 69.1 Å². The second-order valence-corrected chi connectivity index (χ2v) is 11.3. The van der Waals surface area contributed by atoms with Crippen LogP contribution in [0.15, 0.2) is 27.8 Å². The van der Waals surface area contributed by atoms with Gasteiger partial charge in [0, 0.05) is 10.7 Å². The first-order valence-electron chi connectivity index (χ1n) is 9.41. The van der Waals surface area contributed by atoms with Crippen molar-refractivity contribution in [2.45, 2.75) is 62.2 Å². The largest absolute Gasteiger partial charge is 0.385 e. The molecule has 1 aliphatic carbocycles. The molecular weight excluding hydrogens is 432 g/mol. The van der Waals surface area contributed by atoms with Crippen LogP contribution in [0.4, 0.5) is 10.5 Å². The van der Waals surface area contributed by atoms with Gasteiger partial charge in [-0.25, -0.2) is 17.9 Å². The summed E-state index contributed by atoms with van der Waals surface area (Å²) in [4.78, 5) is 12.6. The number of thiophene rings is 1. The normalized spacial score (nSPS) is 15.6. The number of hydrogen-bond donors (Lipinski definition) is 3. The Hall–Kier alpha value is -1.61. The highest BCUT2D eigenvalue weighted by Crippen LogP contribution is 2.47. The standard InChI is InChI=1S/C20H25ClN2O4S2/c1-11(2)15-8-14(21)9-16(12(3)4)18(15)22-19(24)23-29(26,27)17-7-13(10-28-17)20(25)5-6-20/h7-12,25H,5-6H2,1-4H3,(H2,22,23,24). The fourth-order valence-electron chi connectivity index (χ4n) is 3.12. The quantitative estimate of drug-likeness (QED) is 0.560. The zero-order valence-corrected chi connectivity index (χ0v) is 19.1. The summed E-state index contributed by atoms with van der Waals surface area (Å²) in [6, 6.07) is 4.15. The molecule has 1 aliphatic rings. The highest BCUT2D eigenvalue weighted by atomic mass is 35.5. The molecule has 0 spiro atoms. The lowest BCUT2D eigenvalue weighted by atomic mass is 9.92. The molecule has 0 bridgehead atoms. The second kappa shape index (κ2) is 7.91. The van der Waals surface area contributed by atoms with Crippen molar-refractivity contribution in [2.75, 3.05) is 5.32 Å². The molecule has 1 fully saturated rings. The summed E-state index contributed by atoms with van der Waals surface area (Å²) in [5.41, 5.74) is 1.90. The molecule has 6 nitrogen and oxygen atoms in total. The van der Waals surface area contributed by atoms with Crippen molar-refractivity contribution in [3.05, 3.63) is 45.3 Å². The highest BCUT2D eigenvalue weighted by molar-refractivity contribution is 7.92. The van der Waals surface area contributed by atoms with E-state index in [2.05, 4.69) is 10.0 Å². The molecule has 0 unspecified atom stereocenters. The van der Waals surface area contributed by atoms with Crippen molar-refractivity contribution in [1.82, 2.24) is 4.72 Å². The summed E-state index contributed by atoms with van der Waals surface area (Å²) in [5.74, 6) is 0.162. The number of benzene rings is 1. The van der Waals surface area contributed by atoms with E-state index in [4.69, 9.17) is 11.6 Å². The van der Waals surface area contributed by atoms with Crippen LogP contribution in [-0.4, -0.2) is 19.6 Å². The summed E-state index contributed by atoms with van der Waals surface area (Å²) in [7, 11) is -4.05. The molecule has 3 N–H and O–H groups in total. The fraction of sp³-hybridized carbons (Fsp3) is 0.450. The number of rotatable bonds is 6. The maximum absolute atomic E-state index is 12.6. The first-order valence-corrected chi connectivity index (χ1v) is 12.2. The summed E-state index contributed by atoms with van der Waals surface area (Å²) < 4.78 is 27.3. The van der Waals surface area contributed by atoms with E-state index >= 15 is 0 Å². The Balaban J connectivity index is 1.84. The van der Waals surface area contributed by atoms with Gasteiger partial charge in [0.1, 0.15) is 4.21 Å². The number of aliphatic hydroxyl groups is 1. The minimum atomic E-state index is -4.05. The first-order chi connectivity index (χ1) is 13.4. The Bertz CT molecular complexity index is 1010. The molecule has 0 radical (unpaired) electrons. The lowest BCUT2D eigenvalue weighted by Crippen LogP contribution is -2.34. The predicted molar refractivity (Wildman–Crippen MR) is 116 cm³/mol. The molecule has 1 aromatic carbocycles. The van der Waals surface area contributed by atoms with Gasteiger partial charge >= 0.3 is 6.03 Å². The third kappa shape index (κ3) is 4.77. The second-order valence-electron chi connectivity index (χ2n) is 8.01. The van der Waals surface area contributed by atoms with Gasteiger partial charge in [0.2, 0.25) is 0 Å². The fourth-order valence-corrected chi connectivity index (χ4v) is 5.54. The predicted octanol–water partition coefficient (Wildman–Crippen LogP) is 5.14. The average Bonchev–Trinajstić information content (AvgIpc) is 3.15. The Morgan fingerprint density at radius 3 is 2.17 bits per heavy atom. The maximum Gasteiger partial charge on any atom is 0.333 e. The molecule has 9 heteroatoms. The topological polar surface area (TPSA) is 95.5 Å². The van der Waals surface area contributed by atoms with Gasteiger partial charge in [0.15, 0.2) is 0 Å². The highest BCUT2D eigenvalue weighted by Gasteiger charge is 2.43. The van der Waals surface area contributed by atoms with Gasteiger partial charge in [-0.1, -0.05) is 39.3 Å². The summed E-state index contributed by atoms with van der Waals surface area (Å²) >= 11 is 7.22. The number of halogens is 1. The summed E-state index contributed by atoms with van der Waals surface area (Å²) in [5, 5.41) is 15.0. The molecule has 29 heavy (non-hydrogen) atoms. The van der Waals surface area contributed by atoms with Crippen molar-refractivity contribution >= 4 is 44.7 Å². The van der Waals surface area contributed by atoms with Crippen molar-refractivity contribution in [3.63, 3.8) is 0 Å². The van der Waals surface area contributed by atoms with Gasteiger partial charge in [-0.2, -0.15) is 0 Å². The smallest absolute Gasteiger partial charge is 0.333 e. The lowest BCUT2D eigenvalue weighted by Gasteiger charge is -2.21. The zero-order valence-electron chi connectivity index (χ0n) is 16.7. The molecule has 0 atom stereocenters. The number of sulfonamides is 1. The van der Waals surface area contributed by atoms with E-state index in [9.17, 15) is 18.3 Å². The minimum absolute atomic E-state index is 0.00718. The lowest BCUT2D eigenvalue weighted by molar-refractivity contribution is 0.152. The molecule has 1 aromatic heterocycles. The molecule has 2 amide bonds. The molecule has 1 saturated carbocycles. The number of nitrogens with one attached hydrogen (secondary N) is 2. The number of hydrogen-bond acceptors (Lipinski definition) is 5. The van der Waals surface area contributed by atoms with Crippen LogP contribution < -0.4 is 10.0 Å². The van der Waals surface area contributed by atoms with Crippen molar-refractivity contribution in [2.24, 2.45) is 0 Å². The summed E-state index contributed by atoms with van der Waals surface area (Å²) in [6.45, 7) is 7.91. The van der Waals surface area contributed by atoms with Crippen LogP contribution in [-0.2, 0) is 15.6 Å². The third-order valence-electron chi connectivity index (χ3n) is 4.97. The molecule has 3 rings (SSSR count). The van der Waals surface area contributed by atoms with Crippen LogP contribution in [0.3, 0.4) is 0 Å². The third-order valence-corrected chi connectivity index (χ3v) is 7.96. The molecule has 0 saturated heterocycles. The number of carbonyl (C=O) groups excluding carboxylic acids is 1. The number of amides is 2. The molecule has 158 valence electrons. The van der Waals surface area contributed by atoms with Gasteiger partial charge < -0.3 is 10.4 Å². The monoisotopic (exact) mass is 456 g/mol. The van der Waals surface area contributed by atoms with E-state index < -0.39 is 21.7 Å². The molecule has 1 heterocycles. The van der Waals surface area contributed by atoms with E-state index in [1.54, 1.807) is 17.5 Å². The van der Waals surface area contributed by atoms with Gasteiger partial charge in [-0.15, -0.1) is 11.3 Å². The Morgan fingerprint density at radius 2 is 1.69 bits per heavy atom. The van der Waals surface area contributed by atoms with E-state index in [1.165, 1.54) is 6.07 Å². The van der Waals surface area contributed by atoms with Crippen molar-refractivity contribution < 1.29 is 18.3 Å². The van der Waals surface area contributed by atoms with Crippen molar-refractivity contribution in [3.8, 4) is 0 Å². The van der Waals surface area contributed by atoms with E-state index in [1.807, 2.05) is 27.7 Å². The van der Waals surface area contributed by atoms with E-state index in [0.29, 0.717) is 29.1 Å².